The Morgan fingerprint density at radius 2 is 1.70 bits per heavy atom. The van der Waals surface area contributed by atoms with E-state index in [2.05, 4.69) is 20.5 Å². The highest BCUT2D eigenvalue weighted by atomic mass is 32.2. The van der Waals surface area contributed by atoms with Crippen LogP contribution in [0.1, 0.15) is 5.56 Å². The molecule has 2 heterocycles. The van der Waals surface area contributed by atoms with E-state index in [9.17, 15) is 18.1 Å². The highest BCUT2D eigenvalue weighted by Crippen LogP contribution is 2.29. The molecule has 2 aromatic carbocycles. The van der Waals surface area contributed by atoms with Crippen molar-refractivity contribution in [2.24, 2.45) is 5.18 Å². The molecule has 37 heavy (non-hydrogen) atoms. The predicted molar refractivity (Wildman–Crippen MR) is 137 cm³/mol. The Bertz CT molecular complexity index is 1480. The van der Waals surface area contributed by atoms with E-state index in [0.29, 0.717) is 11.1 Å². The van der Waals surface area contributed by atoms with Gasteiger partial charge in [0.2, 0.25) is 5.88 Å². The summed E-state index contributed by atoms with van der Waals surface area (Å²) in [5.74, 6) is -0.574. The molecule has 0 aliphatic carbocycles. The number of carbonyl (C=O) groups is 1. The SMILES string of the molecule is COc1ncc(-c2ccncc2)cc1NC(=O)[C@@H](Cc1ccccc1)OS(=O)(=O)c1ccc(N=O)cc1. The number of ether oxygens (including phenoxy) is 1. The summed E-state index contributed by atoms with van der Waals surface area (Å²) in [5.41, 5.74) is 2.49. The average molecular weight is 519 g/mol. The number of amides is 1. The minimum atomic E-state index is -4.37. The fraction of sp³-hybridized carbons (Fsp3) is 0.115. The summed E-state index contributed by atoms with van der Waals surface area (Å²) >= 11 is 0. The molecule has 0 radical (unpaired) electrons. The second kappa shape index (κ2) is 11.5. The van der Waals surface area contributed by atoms with Crippen LogP contribution in [-0.4, -0.2) is 37.5 Å². The number of benzene rings is 2. The molecule has 11 heteroatoms. The van der Waals surface area contributed by atoms with Gasteiger partial charge in [-0.2, -0.15) is 8.42 Å². The first-order chi connectivity index (χ1) is 17.9. The summed E-state index contributed by atoms with van der Waals surface area (Å²) in [7, 11) is -2.96. The van der Waals surface area contributed by atoms with Gasteiger partial charge in [-0.25, -0.2) is 4.98 Å². The maximum absolute atomic E-state index is 13.4. The van der Waals surface area contributed by atoms with Crippen LogP contribution in [0.25, 0.3) is 11.1 Å². The van der Waals surface area contributed by atoms with Gasteiger partial charge < -0.3 is 10.1 Å². The Morgan fingerprint density at radius 3 is 2.35 bits per heavy atom. The van der Waals surface area contributed by atoms with E-state index in [1.807, 2.05) is 0 Å². The molecule has 0 spiro atoms. The highest BCUT2D eigenvalue weighted by Gasteiger charge is 2.29. The van der Waals surface area contributed by atoms with Crippen molar-refractivity contribution in [1.82, 2.24) is 9.97 Å². The second-order valence-corrected chi connectivity index (χ2v) is 9.39. The summed E-state index contributed by atoms with van der Waals surface area (Å²) in [5, 5.41) is 5.46. The molecule has 1 N–H and O–H groups in total. The quantitative estimate of drug-likeness (QED) is 0.239. The van der Waals surface area contributed by atoms with E-state index >= 15 is 0 Å². The van der Waals surface area contributed by atoms with Crippen LogP contribution in [0.2, 0.25) is 0 Å². The van der Waals surface area contributed by atoms with Gasteiger partial charge in [0.1, 0.15) is 11.4 Å². The maximum Gasteiger partial charge on any atom is 0.297 e. The lowest BCUT2D eigenvalue weighted by atomic mass is 10.1. The molecule has 2 aromatic heterocycles. The van der Waals surface area contributed by atoms with Gasteiger partial charge in [-0.1, -0.05) is 30.3 Å². The van der Waals surface area contributed by atoms with Gasteiger partial charge in [0.15, 0.2) is 6.10 Å². The average Bonchev–Trinajstić information content (AvgIpc) is 2.93. The number of nitroso groups, excluding NO2 is 1. The first-order valence-electron chi connectivity index (χ1n) is 11.1. The lowest BCUT2D eigenvalue weighted by molar-refractivity contribution is -0.122. The summed E-state index contributed by atoms with van der Waals surface area (Å²) < 4.78 is 36.7. The van der Waals surface area contributed by atoms with Crippen molar-refractivity contribution >= 4 is 27.4 Å². The molecule has 1 amide bonds. The molecular weight excluding hydrogens is 496 g/mol. The normalized spacial score (nSPS) is 11.9. The van der Waals surface area contributed by atoms with E-state index in [0.717, 1.165) is 5.56 Å². The number of hydrogen-bond donors (Lipinski definition) is 1. The topological polar surface area (TPSA) is 137 Å². The fourth-order valence-corrected chi connectivity index (χ4v) is 4.54. The van der Waals surface area contributed by atoms with Crippen LogP contribution in [-0.2, 0) is 25.5 Å². The summed E-state index contributed by atoms with van der Waals surface area (Å²) in [6.07, 6.45) is 3.39. The molecular formula is C26H22N4O6S. The number of pyridine rings is 2. The smallest absolute Gasteiger partial charge is 0.297 e. The van der Waals surface area contributed by atoms with Gasteiger partial charge in [-0.3, -0.25) is 14.0 Å². The number of nitrogens with zero attached hydrogens (tertiary/aromatic N) is 3. The van der Waals surface area contributed by atoms with Crippen LogP contribution in [0.5, 0.6) is 5.88 Å². The Hall–Kier alpha value is -4.48. The lowest BCUT2D eigenvalue weighted by Gasteiger charge is -2.19. The second-order valence-electron chi connectivity index (χ2n) is 7.82. The van der Waals surface area contributed by atoms with Crippen LogP contribution < -0.4 is 10.1 Å². The minimum Gasteiger partial charge on any atom is -0.480 e. The Kier molecular flexibility index (Phi) is 7.96. The Morgan fingerprint density at radius 1 is 1.00 bits per heavy atom. The van der Waals surface area contributed by atoms with Gasteiger partial charge in [-0.05, 0) is 58.8 Å². The molecule has 4 aromatic rings. The first kappa shape index (κ1) is 25.6. The third-order valence-electron chi connectivity index (χ3n) is 5.35. The number of carbonyl (C=O) groups excluding carboxylic acids is 1. The van der Waals surface area contributed by atoms with Crippen LogP contribution in [0, 0.1) is 4.91 Å². The molecule has 0 aliphatic heterocycles. The molecule has 0 aliphatic rings. The molecule has 0 fully saturated rings. The minimum absolute atomic E-state index is 0.0281. The number of anilines is 1. The maximum atomic E-state index is 13.4. The van der Waals surface area contributed by atoms with Crippen LogP contribution in [0.4, 0.5) is 11.4 Å². The van der Waals surface area contributed by atoms with Gasteiger partial charge in [0.05, 0.1) is 12.0 Å². The standard InChI is InChI=1S/C26H22N4O6S/c1-35-26-23(16-20(17-28-26)19-11-13-27-14-12-19)29-25(31)24(15-18-5-3-2-4-6-18)36-37(33,34)22-9-7-21(30-32)8-10-22/h2-14,16-17,24H,15H2,1H3,(H,29,31)/t24-/m1/s1. The number of rotatable bonds is 10. The zero-order valence-electron chi connectivity index (χ0n) is 19.6. The molecule has 4 rings (SSSR count). The van der Waals surface area contributed by atoms with Crippen molar-refractivity contribution in [2.45, 2.75) is 17.4 Å². The van der Waals surface area contributed by atoms with Crippen LogP contribution in [0.3, 0.4) is 0 Å². The van der Waals surface area contributed by atoms with Crippen LogP contribution in [0.15, 0.2) is 101 Å². The summed E-state index contributed by atoms with van der Waals surface area (Å²) in [6.45, 7) is 0. The number of methoxy groups -OCH3 is 1. The monoisotopic (exact) mass is 518 g/mol. The zero-order valence-corrected chi connectivity index (χ0v) is 20.5. The molecule has 0 saturated carbocycles. The van der Waals surface area contributed by atoms with Crippen molar-refractivity contribution in [3.8, 4) is 17.0 Å². The van der Waals surface area contributed by atoms with Gasteiger partial charge in [0.25, 0.3) is 16.0 Å². The number of hydrogen-bond acceptors (Lipinski definition) is 9. The predicted octanol–water partition coefficient (Wildman–Crippen LogP) is 4.51. The van der Waals surface area contributed by atoms with E-state index < -0.39 is 22.1 Å². The Balaban J connectivity index is 1.64. The van der Waals surface area contributed by atoms with Crippen molar-refractivity contribution in [1.29, 1.82) is 0 Å². The van der Waals surface area contributed by atoms with Gasteiger partial charge >= 0.3 is 0 Å². The Labute approximate surface area is 213 Å². The molecule has 0 bridgehead atoms. The van der Waals surface area contributed by atoms with E-state index in [-0.39, 0.29) is 28.6 Å². The largest absolute Gasteiger partial charge is 0.480 e. The molecule has 188 valence electrons. The number of aromatic nitrogens is 2. The summed E-state index contributed by atoms with van der Waals surface area (Å²) in [4.78, 5) is 32.1. The third kappa shape index (κ3) is 6.40. The third-order valence-corrected chi connectivity index (χ3v) is 6.68. The van der Waals surface area contributed by atoms with Crippen molar-refractivity contribution < 1.29 is 22.1 Å². The molecule has 10 nitrogen and oxygen atoms in total. The molecule has 0 unspecified atom stereocenters. The first-order valence-corrected chi connectivity index (χ1v) is 12.5. The summed E-state index contributed by atoms with van der Waals surface area (Å²) in [6, 6.07) is 19.0. The van der Waals surface area contributed by atoms with Crippen molar-refractivity contribution in [3.63, 3.8) is 0 Å². The molecule has 1 atom stereocenters. The van der Waals surface area contributed by atoms with Crippen molar-refractivity contribution in [3.05, 3.63) is 102 Å². The highest BCUT2D eigenvalue weighted by molar-refractivity contribution is 7.86. The number of nitrogens with one attached hydrogen (secondary N) is 1. The van der Waals surface area contributed by atoms with Gasteiger partial charge in [0, 0.05) is 30.6 Å². The van der Waals surface area contributed by atoms with E-state index in [4.69, 9.17) is 8.92 Å². The lowest BCUT2D eigenvalue weighted by Crippen LogP contribution is -2.34. The van der Waals surface area contributed by atoms with Gasteiger partial charge in [-0.15, -0.1) is 4.91 Å². The van der Waals surface area contributed by atoms with E-state index in [1.54, 1.807) is 67.1 Å². The zero-order chi connectivity index (χ0) is 26.3. The van der Waals surface area contributed by atoms with E-state index in [1.165, 1.54) is 31.4 Å². The fourth-order valence-electron chi connectivity index (χ4n) is 3.50. The van der Waals surface area contributed by atoms with Crippen LogP contribution >= 0.6 is 0 Å². The molecule has 0 saturated heterocycles. The van der Waals surface area contributed by atoms with Crippen molar-refractivity contribution in [2.75, 3.05) is 12.4 Å².